The molecule has 1 aliphatic carbocycles. The van der Waals surface area contributed by atoms with Crippen LogP contribution in [0.15, 0.2) is 42.0 Å². The number of para-hydroxylation sites is 2. The highest BCUT2D eigenvalue weighted by Gasteiger charge is 2.07. The van der Waals surface area contributed by atoms with Crippen molar-refractivity contribution in [2.24, 2.45) is 0 Å². The second-order valence-corrected chi connectivity index (χ2v) is 6.30. The van der Waals surface area contributed by atoms with Gasteiger partial charge in [-0.05, 0) is 51.2 Å². The third-order valence-corrected chi connectivity index (χ3v) is 4.34. The number of nitrogens with zero attached hydrogens (tertiary/aromatic N) is 2. The fraction of sp³-hybridized carbons (Fsp3) is 0.400. The van der Waals surface area contributed by atoms with Gasteiger partial charge in [0.2, 0.25) is 0 Å². The zero-order valence-electron chi connectivity index (χ0n) is 15.0. The maximum Gasteiger partial charge on any atom is 0.142 e. The summed E-state index contributed by atoms with van der Waals surface area (Å²) in [4.78, 5) is 8.96. The van der Waals surface area contributed by atoms with Gasteiger partial charge in [0.25, 0.3) is 0 Å². The van der Waals surface area contributed by atoms with Gasteiger partial charge in [-0.3, -0.25) is 0 Å². The van der Waals surface area contributed by atoms with Gasteiger partial charge in [0.05, 0.1) is 12.8 Å². The number of aryl methyl sites for hydroxylation is 1. The topological polar surface area (TPSA) is 59.1 Å². The predicted molar refractivity (Wildman–Crippen MR) is 103 cm³/mol. The Hall–Kier alpha value is -2.56. The zero-order chi connectivity index (χ0) is 17.5. The Morgan fingerprint density at radius 2 is 1.96 bits per heavy atom. The Balaban J connectivity index is 1.64. The smallest absolute Gasteiger partial charge is 0.142 e. The predicted octanol–water partition coefficient (Wildman–Crippen LogP) is 4.84. The molecule has 5 nitrogen and oxygen atoms in total. The average Bonchev–Trinajstić information content (AvgIpc) is 2.63. The summed E-state index contributed by atoms with van der Waals surface area (Å²) in [5.41, 5.74) is 2.46. The Labute approximate surface area is 149 Å². The molecule has 0 saturated heterocycles. The number of benzene rings is 1. The number of anilines is 3. The van der Waals surface area contributed by atoms with Crippen molar-refractivity contribution in [1.29, 1.82) is 0 Å². The van der Waals surface area contributed by atoms with Gasteiger partial charge < -0.3 is 15.4 Å². The lowest BCUT2D eigenvalue weighted by Gasteiger charge is -2.14. The van der Waals surface area contributed by atoms with Crippen LogP contribution in [0.5, 0.6) is 5.75 Å². The van der Waals surface area contributed by atoms with Gasteiger partial charge in [0.15, 0.2) is 0 Å². The molecule has 132 valence electrons. The summed E-state index contributed by atoms with van der Waals surface area (Å²) in [6.45, 7) is 2.80. The molecule has 0 spiro atoms. The van der Waals surface area contributed by atoms with E-state index in [0.29, 0.717) is 0 Å². The molecule has 25 heavy (non-hydrogen) atoms. The van der Waals surface area contributed by atoms with E-state index in [1.165, 1.54) is 25.7 Å². The summed E-state index contributed by atoms with van der Waals surface area (Å²) >= 11 is 0. The first kappa shape index (κ1) is 17.3. The Bertz CT molecular complexity index is 742. The molecule has 0 radical (unpaired) electrons. The molecule has 2 aromatic rings. The molecule has 0 amide bonds. The molecular formula is C20H26N4O. The van der Waals surface area contributed by atoms with E-state index in [0.717, 1.165) is 41.9 Å². The van der Waals surface area contributed by atoms with Gasteiger partial charge in [-0.25, -0.2) is 9.97 Å². The SMILES string of the molecule is COc1ccccc1Nc1cc(NCCC2=CCCCC2)nc(C)n1. The molecule has 0 aliphatic heterocycles. The van der Waals surface area contributed by atoms with Crippen molar-refractivity contribution in [3.63, 3.8) is 0 Å². The standard InChI is InChI=1S/C20H26N4O/c1-15-22-19(21-13-12-16-8-4-3-5-9-16)14-20(23-15)24-17-10-6-7-11-18(17)25-2/h6-8,10-11,14H,3-5,9,12-13H2,1-2H3,(H2,21,22,23,24). The Morgan fingerprint density at radius 3 is 2.76 bits per heavy atom. The quantitative estimate of drug-likeness (QED) is 0.707. The van der Waals surface area contributed by atoms with Crippen molar-refractivity contribution in [2.75, 3.05) is 24.3 Å². The third kappa shape index (κ3) is 4.95. The number of hydrogen-bond acceptors (Lipinski definition) is 5. The number of rotatable bonds is 7. The van der Waals surface area contributed by atoms with Gasteiger partial charge in [-0.2, -0.15) is 0 Å². The van der Waals surface area contributed by atoms with Crippen LogP contribution >= 0.6 is 0 Å². The number of ether oxygens (including phenoxy) is 1. The van der Waals surface area contributed by atoms with Gasteiger partial charge in [-0.1, -0.05) is 23.8 Å². The summed E-state index contributed by atoms with van der Waals surface area (Å²) in [5.74, 6) is 3.13. The lowest BCUT2D eigenvalue weighted by atomic mass is 9.97. The van der Waals surface area contributed by atoms with E-state index in [1.807, 2.05) is 37.3 Å². The highest BCUT2D eigenvalue weighted by atomic mass is 16.5. The minimum absolute atomic E-state index is 0.735. The maximum atomic E-state index is 5.38. The lowest BCUT2D eigenvalue weighted by Crippen LogP contribution is -2.08. The first-order chi connectivity index (χ1) is 12.2. The van der Waals surface area contributed by atoms with E-state index < -0.39 is 0 Å². The van der Waals surface area contributed by atoms with Gasteiger partial charge >= 0.3 is 0 Å². The Kier molecular flexibility index (Phi) is 5.88. The minimum Gasteiger partial charge on any atom is -0.495 e. The van der Waals surface area contributed by atoms with Crippen molar-refractivity contribution >= 4 is 17.3 Å². The summed E-state index contributed by atoms with van der Waals surface area (Å²) in [5, 5.41) is 6.74. The third-order valence-electron chi connectivity index (χ3n) is 4.34. The first-order valence-corrected chi connectivity index (χ1v) is 8.92. The van der Waals surface area contributed by atoms with E-state index in [1.54, 1.807) is 12.7 Å². The molecule has 1 aliphatic rings. The molecule has 1 heterocycles. The van der Waals surface area contributed by atoms with E-state index in [9.17, 15) is 0 Å². The Morgan fingerprint density at radius 1 is 1.12 bits per heavy atom. The molecule has 0 atom stereocenters. The van der Waals surface area contributed by atoms with Crippen molar-refractivity contribution in [3.8, 4) is 5.75 Å². The molecule has 5 heteroatoms. The van der Waals surface area contributed by atoms with Crippen molar-refractivity contribution < 1.29 is 4.74 Å². The van der Waals surface area contributed by atoms with Crippen molar-refractivity contribution in [2.45, 2.75) is 39.0 Å². The molecule has 1 aromatic carbocycles. The number of allylic oxidation sites excluding steroid dienone is 1. The zero-order valence-corrected chi connectivity index (χ0v) is 15.0. The van der Waals surface area contributed by atoms with Crippen LogP contribution in [0.1, 0.15) is 37.9 Å². The van der Waals surface area contributed by atoms with E-state index in [4.69, 9.17) is 4.74 Å². The summed E-state index contributed by atoms with van der Waals surface area (Å²) in [6, 6.07) is 9.75. The highest BCUT2D eigenvalue weighted by Crippen LogP contribution is 2.27. The van der Waals surface area contributed by atoms with Gasteiger partial charge in [-0.15, -0.1) is 0 Å². The fourth-order valence-corrected chi connectivity index (χ4v) is 3.09. The van der Waals surface area contributed by atoms with Crippen LogP contribution in [0.25, 0.3) is 0 Å². The molecule has 0 bridgehead atoms. The molecule has 3 rings (SSSR count). The van der Waals surface area contributed by atoms with Crippen LogP contribution in [0, 0.1) is 6.92 Å². The van der Waals surface area contributed by atoms with E-state index in [-0.39, 0.29) is 0 Å². The van der Waals surface area contributed by atoms with Crippen LogP contribution < -0.4 is 15.4 Å². The molecule has 1 aromatic heterocycles. The van der Waals surface area contributed by atoms with Crippen LogP contribution in [-0.4, -0.2) is 23.6 Å². The summed E-state index contributed by atoms with van der Waals surface area (Å²) in [7, 11) is 1.67. The van der Waals surface area contributed by atoms with E-state index >= 15 is 0 Å². The molecular weight excluding hydrogens is 312 g/mol. The highest BCUT2D eigenvalue weighted by molar-refractivity contribution is 5.65. The first-order valence-electron chi connectivity index (χ1n) is 8.92. The van der Waals surface area contributed by atoms with Crippen LogP contribution in [0.4, 0.5) is 17.3 Å². The fourth-order valence-electron chi connectivity index (χ4n) is 3.09. The summed E-state index contributed by atoms with van der Waals surface area (Å²) < 4.78 is 5.38. The average molecular weight is 338 g/mol. The number of nitrogens with one attached hydrogen (secondary N) is 2. The maximum absolute atomic E-state index is 5.38. The second-order valence-electron chi connectivity index (χ2n) is 6.30. The van der Waals surface area contributed by atoms with Gasteiger partial charge in [0, 0.05) is 12.6 Å². The van der Waals surface area contributed by atoms with Crippen LogP contribution in [0.3, 0.4) is 0 Å². The van der Waals surface area contributed by atoms with Gasteiger partial charge in [0.1, 0.15) is 23.2 Å². The van der Waals surface area contributed by atoms with E-state index in [2.05, 4.69) is 26.7 Å². The second kappa shape index (κ2) is 8.51. The minimum atomic E-state index is 0.735. The number of hydrogen-bond donors (Lipinski definition) is 2. The number of methoxy groups -OCH3 is 1. The number of aromatic nitrogens is 2. The summed E-state index contributed by atoms with van der Waals surface area (Å²) in [6.07, 6.45) is 8.61. The molecule has 2 N–H and O–H groups in total. The molecule has 0 fully saturated rings. The van der Waals surface area contributed by atoms with Crippen molar-refractivity contribution in [1.82, 2.24) is 9.97 Å². The molecule has 0 unspecified atom stereocenters. The van der Waals surface area contributed by atoms with Crippen molar-refractivity contribution in [3.05, 3.63) is 47.8 Å². The largest absolute Gasteiger partial charge is 0.495 e. The molecule has 0 saturated carbocycles. The van der Waals surface area contributed by atoms with Crippen LogP contribution in [0.2, 0.25) is 0 Å². The normalized spacial score (nSPS) is 13.9. The monoisotopic (exact) mass is 338 g/mol. The van der Waals surface area contributed by atoms with Crippen LogP contribution in [-0.2, 0) is 0 Å². The lowest BCUT2D eigenvalue weighted by molar-refractivity contribution is 0.417.